The Balaban J connectivity index is 2.14. The molecular formula is C17H22N4S. The number of nitrogens with one attached hydrogen (secondary N) is 2. The van der Waals surface area contributed by atoms with Gasteiger partial charge in [0.1, 0.15) is 0 Å². The number of rotatable bonds is 5. The van der Waals surface area contributed by atoms with Gasteiger partial charge in [-0.05, 0) is 38.6 Å². The van der Waals surface area contributed by atoms with Crippen molar-refractivity contribution >= 4 is 23.0 Å². The maximum absolute atomic E-state index is 5.27. The van der Waals surface area contributed by atoms with Crippen LogP contribution in [0.3, 0.4) is 0 Å². The fourth-order valence-electron chi connectivity index (χ4n) is 2.22. The van der Waals surface area contributed by atoms with Crippen molar-refractivity contribution in [1.82, 2.24) is 15.1 Å². The smallest absolute Gasteiger partial charge is 0.171 e. The molecule has 116 valence electrons. The minimum atomic E-state index is 0.584. The maximum atomic E-state index is 5.27. The van der Waals surface area contributed by atoms with Gasteiger partial charge in [0, 0.05) is 6.54 Å². The molecule has 0 saturated carbocycles. The van der Waals surface area contributed by atoms with Crippen molar-refractivity contribution in [3.05, 3.63) is 59.4 Å². The summed E-state index contributed by atoms with van der Waals surface area (Å²) in [5, 5.41) is 11.5. The first-order valence-electron chi connectivity index (χ1n) is 7.26. The molecule has 0 radical (unpaired) electrons. The first kappa shape index (κ1) is 16.2. The number of benzene rings is 1. The van der Waals surface area contributed by atoms with Crippen LogP contribution < -0.4 is 10.6 Å². The van der Waals surface area contributed by atoms with Crippen molar-refractivity contribution in [2.45, 2.75) is 27.3 Å². The van der Waals surface area contributed by atoms with E-state index in [0.717, 1.165) is 23.6 Å². The summed E-state index contributed by atoms with van der Waals surface area (Å²) in [5.41, 5.74) is 5.47. The Hall–Kier alpha value is -2.14. The van der Waals surface area contributed by atoms with Crippen LogP contribution in [0.2, 0.25) is 0 Å². The van der Waals surface area contributed by atoms with Crippen molar-refractivity contribution < 1.29 is 0 Å². The zero-order valence-corrected chi connectivity index (χ0v) is 14.1. The average Bonchev–Trinajstić information content (AvgIpc) is 2.75. The predicted octanol–water partition coefficient (Wildman–Crippen LogP) is 3.33. The summed E-state index contributed by atoms with van der Waals surface area (Å²) in [4.78, 5) is 0. The van der Waals surface area contributed by atoms with E-state index in [1.807, 2.05) is 18.5 Å². The Morgan fingerprint density at radius 2 is 1.95 bits per heavy atom. The lowest BCUT2D eigenvalue weighted by Gasteiger charge is -2.10. The minimum Gasteiger partial charge on any atom is -0.359 e. The number of aryl methyl sites for hydroxylation is 2. The fourth-order valence-corrected chi connectivity index (χ4v) is 2.41. The van der Waals surface area contributed by atoms with Crippen LogP contribution in [0.25, 0.3) is 0 Å². The number of aromatic nitrogens is 2. The monoisotopic (exact) mass is 314 g/mol. The van der Waals surface area contributed by atoms with Gasteiger partial charge >= 0.3 is 0 Å². The number of hydrogen-bond acceptors (Lipinski definition) is 2. The second-order valence-electron chi connectivity index (χ2n) is 5.31. The summed E-state index contributed by atoms with van der Waals surface area (Å²) >= 11 is 5.27. The molecule has 0 saturated heterocycles. The fraction of sp³-hybridized carbons (Fsp3) is 0.294. The molecule has 1 aromatic carbocycles. The summed E-state index contributed by atoms with van der Waals surface area (Å²) in [6.45, 7) is 11.2. The molecule has 0 fully saturated rings. The topological polar surface area (TPSA) is 41.9 Å². The van der Waals surface area contributed by atoms with E-state index in [9.17, 15) is 0 Å². The second kappa shape index (κ2) is 7.22. The van der Waals surface area contributed by atoms with Crippen molar-refractivity contribution in [2.24, 2.45) is 0 Å². The van der Waals surface area contributed by atoms with Gasteiger partial charge in [-0.15, -0.1) is 6.58 Å². The van der Waals surface area contributed by atoms with E-state index < -0.39 is 0 Å². The van der Waals surface area contributed by atoms with Crippen LogP contribution in [0.4, 0.5) is 5.69 Å². The highest BCUT2D eigenvalue weighted by Gasteiger charge is 2.12. The van der Waals surface area contributed by atoms with E-state index in [0.29, 0.717) is 11.7 Å². The average molecular weight is 314 g/mol. The maximum Gasteiger partial charge on any atom is 0.171 e. The zero-order valence-electron chi connectivity index (χ0n) is 13.3. The lowest BCUT2D eigenvalue weighted by molar-refractivity contribution is 0.659. The van der Waals surface area contributed by atoms with Crippen LogP contribution in [-0.4, -0.2) is 21.4 Å². The van der Waals surface area contributed by atoms with Gasteiger partial charge in [-0.1, -0.05) is 35.9 Å². The largest absolute Gasteiger partial charge is 0.359 e. The van der Waals surface area contributed by atoms with E-state index in [2.05, 4.69) is 53.5 Å². The van der Waals surface area contributed by atoms with Crippen LogP contribution in [0, 0.1) is 20.8 Å². The normalized spacial score (nSPS) is 10.3. The first-order chi connectivity index (χ1) is 10.5. The molecule has 1 aromatic heterocycles. The Morgan fingerprint density at radius 1 is 1.27 bits per heavy atom. The van der Waals surface area contributed by atoms with Gasteiger partial charge < -0.3 is 10.6 Å². The number of nitrogens with zero attached hydrogens (tertiary/aromatic N) is 2. The second-order valence-corrected chi connectivity index (χ2v) is 5.72. The van der Waals surface area contributed by atoms with Crippen LogP contribution in [-0.2, 0) is 6.54 Å². The molecule has 0 aliphatic rings. The Morgan fingerprint density at radius 3 is 2.59 bits per heavy atom. The third-order valence-electron chi connectivity index (χ3n) is 3.48. The van der Waals surface area contributed by atoms with E-state index in [1.54, 1.807) is 6.08 Å². The third kappa shape index (κ3) is 3.95. The number of thiocarbonyl (C=S) groups is 1. The van der Waals surface area contributed by atoms with Crippen LogP contribution in [0.1, 0.15) is 22.5 Å². The lowest BCUT2D eigenvalue weighted by Crippen LogP contribution is -2.28. The highest BCUT2D eigenvalue weighted by molar-refractivity contribution is 7.80. The first-order valence-corrected chi connectivity index (χ1v) is 7.67. The van der Waals surface area contributed by atoms with E-state index in [-0.39, 0.29) is 0 Å². The molecule has 22 heavy (non-hydrogen) atoms. The molecule has 1 heterocycles. The molecule has 2 N–H and O–H groups in total. The SMILES string of the molecule is C=CCNC(=S)Nc1c(C)nn(Cc2ccc(C)cc2)c1C. The Bertz CT molecular complexity index is 671. The van der Waals surface area contributed by atoms with Crippen molar-refractivity contribution in [3.8, 4) is 0 Å². The predicted molar refractivity (Wildman–Crippen MR) is 96.4 cm³/mol. The van der Waals surface area contributed by atoms with Gasteiger partial charge in [0.15, 0.2) is 5.11 Å². The van der Waals surface area contributed by atoms with Crippen molar-refractivity contribution in [3.63, 3.8) is 0 Å². The van der Waals surface area contributed by atoms with Crippen LogP contribution >= 0.6 is 12.2 Å². The molecule has 4 nitrogen and oxygen atoms in total. The molecule has 0 spiro atoms. The van der Waals surface area contributed by atoms with Crippen LogP contribution in [0.5, 0.6) is 0 Å². The molecule has 0 atom stereocenters. The lowest BCUT2D eigenvalue weighted by atomic mass is 10.1. The van der Waals surface area contributed by atoms with E-state index in [1.165, 1.54) is 11.1 Å². The van der Waals surface area contributed by atoms with Gasteiger partial charge in [0.2, 0.25) is 0 Å². The summed E-state index contributed by atoms with van der Waals surface area (Å²) in [6.07, 6.45) is 1.77. The summed E-state index contributed by atoms with van der Waals surface area (Å²) in [5.74, 6) is 0. The van der Waals surface area contributed by atoms with Gasteiger partial charge in [0.05, 0.1) is 23.6 Å². The molecule has 2 aromatic rings. The van der Waals surface area contributed by atoms with Gasteiger partial charge in [-0.3, -0.25) is 4.68 Å². The van der Waals surface area contributed by atoms with Gasteiger partial charge in [-0.25, -0.2) is 0 Å². The highest BCUT2D eigenvalue weighted by Crippen LogP contribution is 2.20. The standard InChI is InChI=1S/C17H22N4S/c1-5-10-18-17(22)19-16-13(3)20-21(14(16)4)11-15-8-6-12(2)7-9-15/h5-9H,1,10-11H2,2-4H3,(H2,18,19,22). The van der Waals surface area contributed by atoms with Crippen LogP contribution in [0.15, 0.2) is 36.9 Å². The van der Waals surface area contributed by atoms with E-state index >= 15 is 0 Å². The Kier molecular flexibility index (Phi) is 5.33. The Labute approximate surface area is 137 Å². The summed E-state index contributed by atoms with van der Waals surface area (Å²) in [6, 6.07) is 8.51. The summed E-state index contributed by atoms with van der Waals surface area (Å²) in [7, 11) is 0. The molecule has 0 bridgehead atoms. The quantitative estimate of drug-likeness (QED) is 0.656. The minimum absolute atomic E-state index is 0.584. The number of anilines is 1. The van der Waals surface area contributed by atoms with Crippen molar-refractivity contribution in [2.75, 3.05) is 11.9 Å². The summed E-state index contributed by atoms with van der Waals surface area (Å²) < 4.78 is 2.00. The molecular weight excluding hydrogens is 292 g/mol. The molecule has 0 amide bonds. The third-order valence-corrected chi connectivity index (χ3v) is 3.73. The van der Waals surface area contributed by atoms with E-state index in [4.69, 9.17) is 12.2 Å². The molecule has 5 heteroatoms. The molecule has 0 unspecified atom stereocenters. The highest BCUT2D eigenvalue weighted by atomic mass is 32.1. The zero-order chi connectivity index (χ0) is 16.1. The molecule has 2 rings (SSSR count). The molecule has 0 aliphatic carbocycles. The van der Waals surface area contributed by atoms with Gasteiger partial charge in [0.25, 0.3) is 0 Å². The van der Waals surface area contributed by atoms with Crippen molar-refractivity contribution in [1.29, 1.82) is 0 Å². The van der Waals surface area contributed by atoms with Gasteiger partial charge in [-0.2, -0.15) is 5.10 Å². The number of hydrogen-bond donors (Lipinski definition) is 2. The molecule has 0 aliphatic heterocycles.